The minimum absolute atomic E-state index is 0.322. The Morgan fingerprint density at radius 1 is 1.03 bits per heavy atom. The molecule has 3 aromatic rings. The summed E-state index contributed by atoms with van der Waals surface area (Å²) in [5, 5.41) is 0. The van der Waals surface area contributed by atoms with Crippen molar-refractivity contribution in [1.82, 2.24) is 18.7 Å². The highest BCUT2D eigenvalue weighted by Gasteiger charge is 2.25. The quantitative estimate of drug-likeness (QED) is 0.504. The summed E-state index contributed by atoms with van der Waals surface area (Å²) < 4.78 is 15.0. The van der Waals surface area contributed by atoms with E-state index in [2.05, 4.69) is 17.0 Å². The maximum atomic E-state index is 12.9. The fraction of sp³-hybridized carbons (Fsp3) is 0.500. The lowest BCUT2D eigenvalue weighted by Crippen LogP contribution is -3.13. The second-order valence-corrected chi connectivity index (χ2v) is 8.16. The Balaban J connectivity index is 1.56. The van der Waals surface area contributed by atoms with Crippen molar-refractivity contribution in [3.05, 3.63) is 50.9 Å². The van der Waals surface area contributed by atoms with Crippen molar-refractivity contribution in [2.45, 2.75) is 13.1 Å². The smallest absolute Gasteiger partial charge is 0.332 e. The molecule has 0 bridgehead atoms. The van der Waals surface area contributed by atoms with E-state index in [4.69, 9.17) is 14.5 Å². The lowest BCUT2D eigenvalue weighted by Gasteiger charge is -2.33. The SMILES string of the molecule is COCCn1c(C[NH+]2CCN(c3ccc(OC)cc3)CC2)nc2c1c(=O)n(C)c(=O)n2C. The Kier molecular flexibility index (Phi) is 6.33. The van der Waals surface area contributed by atoms with Gasteiger partial charge in [-0.25, -0.2) is 9.78 Å². The van der Waals surface area contributed by atoms with Crippen LogP contribution in [-0.4, -0.2) is 65.7 Å². The van der Waals surface area contributed by atoms with Crippen molar-refractivity contribution in [2.24, 2.45) is 14.1 Å². The Hall–Kier alpha value is -3.11. The number of ether oxygens (including phenoxy) is 2. The number of nitrogens with one attached hydrogen (secondary N) is 1. The number of quaternary nitrogens is 1. The van der Waals surface area contributed by atoms with E-state index in [1.807, 2.05) is 16.7 Å². The Labute approximate surface area is 186 Å². The molecule has 0 unspecified atom stereocenters. The van der Waals surface area contributed by atoms with Gasteiger partial charge in [-0.15, -0.1) is 0 Å². The number of aromatic nitrogens is 4. The van der Waals surface area contributed by atoms with Gasteiger partial charge in [-0.1, -0.05) is 0 Å². The summed E-state index contributed by atoms with van der Waals surface area (Å²) in [6.45, 7) is 5.44. The maximum absolute atomic E-state index is 12.9. The third kappa shape index (κ3) is 4.03. The lowest BCUT2D eigenvalue weighted by atomic mass is 10.2. The zero-order valence-electron chi connectivity index (χ0n) is 19.1. The van der Waals surface area contributed by atoms with Gasteiger partial charge in [0.2, 0.25) is 0 Å². The van der Waals surface area contributed by atoms with E-state index in [0.717, 1.165) is 42.3 Å². The van der Waals surface area contributed by atoms with Crippen LogP contribution in [0.25, 0.3) is 11.2 Å². The molecule has 1 fully saturated rings. The highest BCUT2D eigenvalue weighted by Crippen LogP contribution is 2.19. The van der Waals surface area contributed by atoms with Gasteiger partial charge in [-0.05, 0) is 24.3 Å². The van der Waals surface area contributed by atoms with Gasteiger partial charge in [-0.3, -0.25) is 13.9 Å². The van der Waals surface area contributed by atoms with Gasteiger partial charge in [0.15, 0.2) is 17.0 Å². The number of hydrogen-bond acceptors (Lipinski definition) is 6. The average molecular weight is 444 g/mol. The van der Waals surface area contributed by atoms with E-state index >= 15 is 0 Å². The Morgan fingerprint density at radius 2 is 1.72 bits per heavy atom. The number of imidazole rings is 1. The van der Waals surface area contributed by atoms with Gasteiger partial charge in [0.1, 0.15) is 12.3 Å². The maximum Gasteiger partial charge on any atom is 0.332 e. The van der Waals surface area contributed by atoms with Gasteiger partial charge in [0.25, 0.3) is 5.56 Å². The highest BCUT2D eigenvalue weighted by molar-refractivity contribution is 5.71. The zero-order chi connectivity index (χ0) is 22.8. The summed E-state index contributed by atoms with van der Waals surface area (Å²) in [4.78, 5) is 33.7. The predicted octanol–water partition coefficient (Wildman–Crippen LogP) is -1.01. The van der Waals surface area contributed by atoms with Gasteiger partial charge in [0.05, 0.1) is 39.9 Å². The van der Waals surface area contributed by atoms with E-state index in [-0.39, 0.29) is 11.2 Å². The number of anilines is 1. The number of rotatable bonds is 7. The first kappa shape index (κ1) is 22.1. The van der Waals surface area contributed by atoms with Crippen LogP contribution >= 0.6 is 0 Å². The summed E-state index contributed by atoms with van der Waals surface area (Å²) in [7, 11) is 6.46. The summed E-state index contributed by atoms with van der Waals surface area (Å²) in [6, 6.07) is 8.14. The third-order valence-corrected chi connectivity index (χ3v) is 6.26. The predicted molar refractivity (Wildman–Crippen MR) is 122 cm³/mol. The molecule has 1 aliphatic rings. The van der Waals surface area contributed by atoms with Crippen LogP contribution in [0, 0.1) is 0 Å². The van der Waals surface area contributed by atoms with Crippen molar-refractivity contribution in [3.8, 4) is 5.75 Å². The number of nitrogens with zero attached hydrogens (tertiary/aromatic N) is 5. The lowest BCUT2D eigenvalue weighted by molar-refractivity contribution is -0.915. The van der Waals surface area contributed by atoms with Gasteiger partial charge in [0, 0.05) is 33.4 Å². The van der Waals surface area contributed by atoms with Gasteiger partial charge in [-0.2, -0.15) is 0 Å². The molecule has 0 spiro atoms. The largest absolute Gasteiger partial charge is 0.497 e. The molecule has 0 aliphatic carbocycles. The van der Waals surface area contributed by atoms with Crippen LogP contribution in [0.5, 0.6) is 5.75 Å². The van der Waals surface area contributed by atoms with Crippen LogP contribution in [0.15, 0.2) is 33.9 Å². The molecule has 3 heterocycles. The monoisotopic (exact) mass is 443 g/mol. The van der Waals surface area contributed by atoms with Crippen molar-refractivity contribution in [3.63, 3.8) is 0 Å². The van der Waals surface area contributed by atoms with Crippen LogP contribution in [-0.2, 0) is 31.9 Å². The van der Waals surface area contributed by atoms with Crippen molar-refractivity contribution in [1.29, 1.82) is 0 Å². The molecule has 1 saturated heterocycles. The summed E-state index contributed by atoms with van der Waals surface area (Å²) >= 11 is 0. The molecular formula is C22H31N6O4+. The van der Waals surface area contributed by atoms with Crippen molar-refractivity contribution in [2.75, 3.05) is 51.9 Å². The van der Waals surface area contributed by atoms with Crippen molar-refractivity contribution < 1.29 is 14.4 Å². The molecule has 1 aliphatic heterocycles. The Bertz CT molecular complexity index is 1200. The highest BCUT2D eigenvalue weighted by atomic mass is 16.5. The molecule has 10 heteroatoms. The topological polar surface area (TPSA) is 88.0 Å². The minimum atomic E-state index is -0.370. The van der Waals surface area contributed by atoms with E-state index in [0.29, 0.717) is 30.9 Å². The molecule has 0 saturated carbocycles. The minimum Gasteiger partial charge on any atom is -0.497 e. The van der Waals surface area contributed by atoms with Crippen molar-refractivity contribution >= 4 is 16.9 Å². The fourth-order valence-corrected chi connectivity index (χ4v) is 4.32. The van der Waals surface area contributed by atoms with Crippen LogP contribution in [0.2, 0.25) is 0 Å². The normalized spacial score (nSPS) is 14.9. The molecule has 0 amide bonds. The molecule has 1 N–H and O–H groups in total. The number of hydrogen-bond donors (Lipinski definition) is 1. The third-order valence-electron chi connectivity index (χ3n) is 6.26. The summed E-state index contributed by atoms with van der Waals surface area (Å²) in [5.74, 6) is 1.66. The molecule has 0 atom stereocenters. The number of fused-ring (bicyclic) bond motifs is 1. The average Bonchev–Trinajstić information content (AvgIpc) is 3.18. The van der Waals surface area contributed by atoms with Crippen LogP contribution < -0.4 is 25.8 Å². The molecule has 172 valence electrons. The van der Waals surface area contributed by atoms with Gasteiger partial charge >= 0.3 is 5.69 Å². The molecule has 2 aromatic heterocycles. The number of piperazine rings is 1. The first-order valence-corrected chi connectivity index (χ1v) is 10.8. The molecule has 10 nitrogen and oxygen atoms in total. The molecule has 1 aromatic carbocycles. The number of benzene rings is 1. The standard InChI is InChI=1S/C22H30N6O4/c1-24-20-19(21(29)25(2)22(24)30)28(13-14-31-3)18(23-20)15-26-9-11-27(12-10-26)16-5-7-17(32-4)8-6-16/h5-8H,9-15H2,1-4H3/p+1. The molecule has 4 rings (SSSR count). The fourth-order valence-electron chi connectivity index (χ4n) is 4.32. The van der Waals surface area contributed by atoms with Crippen LogP contribution in [0.3, 0.4) is 0 Å². The zero-order valence-corrected chi connectivity index (χ0v) is 19.1. The van der Waals surface area contributed by atoms with E-state index in [9.17, 15) is 9.59 Å². The summed E-state index contributed by atoms with van der Waals surface area (Å²) in [5.41, 5.74) is 1.39. The number of aryl methyl sites for hydroxylation is 1. The van der Waals surface area contributed by atoms with E-state index in [1.54, 1.807) is 21.3 Å². The molecule has 32 heavy (non-hydrogen) atoms. The second-order valence-electron chi connectivity index (χ2n) is 8.16. The van der Waals surface area contributed by atoms with E-state index < -0.39 is 0 Å². The second kappa shape index (κ2) is 9.17. The summed E-state index contributed by atoms with van der Waals surface area (Å²) in [6.07, 6.45) is 0. The Morgan fingerprint density at radius 3 is 2.34 bits per heavy atom. The molecule has 0 radical (unpaired) electrons. The van der Waals surface area contributed by atoms with Crippen LogP contribution in [0.4, 0.5) is 5.69 Å². The first-order chi connectivity index (χ1) is 15.4. The van der Waals surface area contributed by atoms with E-state index in [1.165, 1.54) is 22.2 Å². The first-order valence-electron chi connectivity index (χ1n) is 10.8. The molecular weight excluding hydrogens is 412 g/mol. The number of methoxy groups -OCH3 is 2. The van der Waals surface area contributed by atoms with Gasteiger partial charge < -0.3 is 23.8 Å². The van der Waals surface area contributed by atoms with Crippen LogP contribution in [0.1, 0.15) is 5.82 Å².